The Hall–Kier alpha value is -2.87. The average molecular weight is 477 g/mol. The highest BCUT2D eigenvalue weighted by Gasteiger charge is 2.40. The largest absolute Gasteiger partial charge is 0.496 e. The summed E-state index contributed by atoms with van der Waals surface area (Å²) in [6, 6.07) is 18.1. The smallest absolute Gasteiger partial charge is 0.243 e. The lowest BCUT2D eigenvalue weighted by Gasteiger charge is -2.39. The number of allylic oxidation sites excluding steroid dienone is 2. The van der Waals surface area contributed by atoms with Gasteiger partial charge in [0.05, 0.1) is 31.3 Å². The summed E-state index contributed by atoms with van der Waals surface area (Å²) in [4.78, 5) is 0.357. The zero-order valence-corrected chi connectivity index (χ0v) is 19.9. The van der Waals surface area contributed by atoms with Crippen molar-refractivity contribution in [2.45, 2.75) is 23.3 Å². The molecule has 0 amide bonds. The zero-order valence-electron chi connectivity index (χ0n) is 19.1. The van der Waals surface area contributed by atoms with Gasteiger partial charge in [0.15, 0.2) is 0 Å². The van der Waals surface area contributed by atoms with Crippen molar-refractivity contribution in [3.05, 3.63) is 77.9 Å². The molecule has 7 heteroatoms. The predicted molar refractivity (Wildman–Crippen MR) is 133 cm³/mol. The van der Waals surface area contributed by atoms with Gasteiger partial charge in [-0.3, -0.25) is 0 Å². The van der Waals surface area contributed by atoms with Crippen LogP contribution in [0.25, 0.3) is 10.8 Å². The predicted octanol–water partition coefficient (Wildman–Crippen LogP) is 4.70. The fourth-order valence-electron chi connectivity index (χ4n) is 5.73. The van der Waals surface area contributed by atoms with Crippen molar-refractivity contribution in [2.75, 3.05) is 38.7 Å². The average Bonchev–Trinajstić information content (AvgIpc) is 3.38. The number of nitrogens with one attached hydrogen (secondary N) is 1. The molecule has 3 aromatic carbocycles. The summed E-state index contributed by atoms with van der Waals surface area (Å²) < 4.78 is 39.3. The van der Waals surface area contributed by atoms with Gasteiger partial charge < -0.3 is 14.8 Å². The molecule has 1 saturated heterocycles. The molecule has 0 saturated carbocycles. The Morgan fingerprint density at radius 1 is 1.06 bits per heavy atom. The van der Waals surface area contributed by atoms with E-state index in [0.29, 0.717) is 31.2 Å². The first-order valence-corrected chi connectivity index (χ1v) is 13.2. The summed E-state index contributed by atoms with van der Waals surface area (Å²) in [5, 5.41) is 6.12. The van der Waals surface area contributed by atoms with Gasteiger partial charge in [-0.25, -0.2) is 8.42 Å². The lowest BCUT2D eigenvalue weighted by molar-refractivity contribution is 0.0730. The second-order valence-electron chi connectivity index (χ2n) is 9.14. The van der Waals surface area contributed by atoms with Crippen molar-refractivity contribution < 1.29 is 17.9 Å². The molecule has 0 radical (unpaired) electrons. The van der Waals surface area contributed by atoms with E-state index in [1.807, 2.05) is 18.2 Å². The maximum Gasteiger partial charge on any atom is 0.243 e. The number of benzene rings is 3. The molecule has 3 aromatic rings. The van der Waals surface area contributed by atoms with Crippen molar-refractivity contribution in [1.29, 1.82) is 0 Å². The van der Waals surface area contributed by atoms with Gasteiger partial charge in [-0.05, 0) is 52.9 Å². The molecule has 0 aromatic heterocycles. The number of anilines is 1. The normalized spacial score (nSPS) is 24.4. The van der Waals surface area contributed by atoms with Crippen molar-refractivity contribution >= 4 is 26.5 Å². The summed E-state index contributed by atoms with van der Waals surface area (Å²) in [6.07, 6.45) is 5.38. The van der Waals surface area contributed by atoms with Crippen LogP contribution in [0.2, 0.25) is 0 Å². The van der Waals surface area contributed by atoms with E-state index < -0.39 is 10.0 Å². The van der Waals surface area contributed by atoms with E-state index in [2.05, 4.69) is 47.8 Å². The van der Waals surface area contributed by atoms with Crippen LogP contribution in [0.5, 0.6) is 5.75 Å². The Bertz CT molecular complexity index is 1380. The van der Waals surface area contributed by atoms with Gasteiger partial charge in [0.2, 0.25) is 10.0 Å². The molecule has 34 heavy (non-hydrogen) atoms. The van der Waals surface area contributed by atoms with E-state index in [1.165, 1.54) is 15.1 Å². The van der Waals surface area contributed by atoms with Crippen LogP contribution in [0.15, 0.2) is 71.6 Å². The van der Waals surface area contributed by atoms with Crippen LogP contribution in [0.4, 0.5) is 5.69 Å². The second-order valence-corrected chi connectivity index (χ2v) is 11.1. The summed E-state index contributed by atoms with van der Waals surface area (Å²) in [6.45, 7) is 1.67. The Kier molecular flexibility index (Phi) is 5.36. The molecule has 3 aliphatic rings. The van der Waals surface area contributed by atoms with Crippen LogP contribution in [-0.4, -0.2) is 46.1 Å². The van der Waals surface area contributed by atoms with Gasteiger partial charge in [-0.1, -0.05) is 42.5 Å². The van der Waals surface area contributed by atoms with Crippen molar-refractivity contribution in [2.24, 2.45) is 5.92 Å². The number of sulfonamides is 1. The number of rotatable bonds is 4. The molecule has 176 valence electrons. The van der Waals surface area contributed by atoms with Crippen LogP contribution in [0.3, 0.4) is 0 Å². The van der Waals surface area contributed by atoms with E-state index in [0.717, 1.165) is 29.0 Å². The maximum absolute atomic E-state index is 13.3. The molecule has 3 atom stereocenters. The second kappa shape index (κ2) is 8.41. The van der Waals surface area contributed by atoms with Crippen molar-refractivity contribution in [3.63, 3.8) is 0 Å². The van der Waals surface area contributed by atoms with Gasteiger partial charge in [0.25, 0.3) is 0 Å². The molecule has 0 bridgehead atoms. The number of morpholine rings is 1. The SMILES string of the molecule is COc1ccc2ccccc2c1C1Nc2ccc(S(=O)(=O)N3CCOCC3)cc2C2C=CCC21. The first-order valence-electron chi connectivity index (χ1n) is 11.8. The van der Waals surface area contributed by atoms with Gasteiger partial charge in [0, 0.05) is 30.3 Å². The van der Waals surface area contributed by atoms with E-state index in [1.54, 1.807) is 13.2 Å². The van der Waals surface area contributed by atoms with Crippen LogP contribution in [0.1, 0.15) is 29.5 Å². The van der Waals surface area contributed by atoms with Gasteiger partial charge in [0.1, 0.15) is 5.75 Å². The highest BCUT2D eigenvalue weighted by Crippen LogP contribution is 2.52. The number of methoxy groups -OCH3 is 1. The number of ether oxygens (including phenoxy) is 2. The van der Waals surface area contributed by atoms with Crippen LogP contribution < -0.4 is 10.1 Å². The van der Waals surface area contributed by atoms with E-state index in [4.69, 9.17) is 9.47 Å². The van der Waals surface area contributed by atoms with E-state index in [-0.39, 0.29) is 17.9 Å². The van der Waals surface area contributed by atoms with Crippen LogP contribution in [0, 0.1) is 5.92 Å². The molecule has 6 nitrogen and oxygen atoms in total. The molecule has 1 N–H and O–H groups in total. The molecule has 1 aliphatic carbocycles. The third-order valence-corrected chi connectivity index (χ3v) is 9.30. The first kappa shape index (κ1) is 21.6. The number of fused-ring (bicyclic) bond motifs is 4. The Balaban J connectivity index is 1.44. The van der Waals surface area contributed by atoms with Crippen molar-refractivity contribution in [3.8, 4) is 5.75 Å². The Morgan fingerprint density at radius 3 is 2.71 bits per heavy atom. The summed E-state index contributed by atoms with van der Waals surface area (Å²) in [5.74, 6) is 1.29. The zero-order chi connectivity index (χ0) is 23.3. The molecule has 2 heterocycles. The van der Waals surface area contributed by atoms with Gasteiger partial charge >= 0.3 is 0 Å². The van der Waals surface area contributed by atoms with Crippen LogP contribution >= 0.6 is 0 Å². The first-order chi connectivity index (χ1) is 16.6. The summed E-state index contributed by atoms with van der Waals surface area (Å²) >= 11 is 0. The van der Waals surface area contributed by atoms with E-state index >= 15 is 0 Å². The molecule has 2 aliphatic heterocycles. The topological polar surface area (TPSA) is 67.9 Å². The molecule has 6 rings (SSSR count). The molecular weight excluding hydrogens is 448 g/mol. The Morgan fingerprint density at radius 2 is 1.88 bits per heavy atom. The summed E-state index contributed by atoms with van der Waals surface area (Å²) in [7, 11) is -1.83. The minimum Gasteiger partial charge on any atom is -0.496 e. The third-order valence-electron chi connectivity index (χ3n) is 7.40. The fraction of sp³-hybridized carbons (Fsp3) is 0.333. The maximum atomic E-state index is 13.3. The fourth-order valence-corrected chi connectivity index (χ4v) is 7.17. The Labute approximate surface area is 200 Å². The minimum atomic E-state index is -3.55. The van der Waals surface area contributed by atoms with Gasteiger partial charge in [-0.15, -0.1) is 0 Å². The standard InChI is InChI=1S/C27H28N2O4S/c1-32-25-12-9-18-5-2-3-6-20(18)26(25)27-22-8-4-7-21(22)23-17-19(10-11-24(23)28-27)34(30,31)29-13-15-33-16-14-29/h2-7,9-12,17,21-22,27-28H,8,13-16H2,1H3. The number of hydrogen-bond acceptors (Lipinski definition) is 5. The van der Waals surface area contributed by atoms with E-state index in [9.17, 15) is 8.42 Å². The lowest BCUT2D eigenvalue weighted by atomic mass is 9.76. The molecule has 1 fully saturated rings. The molecular formula is C27H28N2O4S. The van der Waals surface area contributed by atoms with Crippen LogP contribution in [-0.2, 0) is 14.8 Å². The molecule has 0 spiro atoms. The highest BCUT2D eigenvalue weighted by molar-refractivity contribution is 7.89. The summed E-state index contributed by atoms with van der Waals surface area (Å²) in [5.41, 5.74) is 3.19. The third kappa shape index (κ3) is 3.42. The quantitative estimate of drug-likeness (QED) is 0.553. The molecule has 3 unspecified atom stereocenters. The monoisotopic (exact) mass is 476 g/mol. The van der Waals surface area contributed by atoms with Crippen molar-refractivity contribution in [1.82, 2.24) is 4.31 Å². The number of hydrogen-bond donors (Lipinski definition) is 1. The number of nitrogens with zero attached hydrogens (tertiary/aromatic N) is 1. The minimum absolute atomic E-state index is 0.0512. The lowest BCUT2D eigenvalue weighted by Crippen LogP contribution is -2.40. The van der Waals surface area contributed by atoms with Gasteiger partial charge in [-0.2, -0.15) is 4.31 Å². The highest BCUT2D eigenvalue weighted by atomic mass is 32.2.